The van der Waals surface area contributed by atoms with Crippen molar-refractivity contribution in [1.29, 1.82) is 0 Å². The molecule has 4 nitrogen and oxygen atoms in total. The van der Waals surface area contributed by atoms with Gasteiger partial charge in [-0.1, -0.05) is 27.7 Å². The van der Waals surface area contributed by atoms with E-state index in [1.54, 1.807) is 32.0 Å². The maximum absolute atomic E-state index is 13.9. The molecule has 0 saturated heterocycles. The zero-order valence-corrected chi connectivity index (χ0v) is 21.7. The maximum Gasteiger partial charge on any atom is 0.344 e. The maximum atomic E-state index is 13.9. The Labute approximate surface area is 212 Å². The minimum absolute atomic E-state index is 0.0279. The first-order valence-electron chi connectivity index (χ1n) is 11.8. The molecule has 0 fully saturated rings. The fraction of sp³-hybridized carbons (Fsp3) is 0.429. The SMILES string of the molecule is C/C(F)=C(\F)Oc1cc2c(cc1C)OC1(CC(C)(C)c3cc(OC(F)=C(F)F)c(C)cc3O1)CC2(C)C. The van der Waals surface area contributed by atoms with Crippen LogP contribution in [0.15, 0.2) is 48.2 Å². The highest BCUT2D eigenvalue weighted by molar-refractivity contribution is 5.54. The number of rotatable bonds is 4. The van der Waals surface area contributed by atoms with Crippen molar-refractivity contribution in [3.63, 3.8) is 0 Å². The van der Waals surface area contributed by atoms with E-state index in [-0.39, 0.29) is 11.5 Å². The van der Waals surface area contributed by atoms with E-state index < -0.39 is 40.6 Å². The number of ether oxygens (including phenoxy) is 4. The zero-order valence-electron chi connectivity index (χ0n) is 21.7. The fourth-order valence-corrected chi connectivity index (χ4v) is 5.24. The van der Waals surface area contributed by atoms with E-state index >= 15 is 0 Å². The highest BCUT2D eigenvalue weighted by Gasteiger charge is 2.53. The smallest absolute Gasteiger partial charge is 0.344 e. The molecule has 2 aromatic carbocycles. The van der Waals surface area contributed by atoms with Crippen molar-refractivity contribution in [1.82, 2.24) is 0 Å². The van der Waals surface area contributed by atoms with Crippen molar-refractivity contribution >= 4 is 0 Å². The molecule has 1 spiro atoms. The van der Waals surface area contributed by atoms with Crippen LogP contribution in [0.4, 0.5) is 22.0 Å². The van der Waals surface area contributed by atoms with Crippen LogP contribution in [-0.2, 0) is 10.8 Å². The molecule has 0 amide bonds. The first-order valence-corrected chi connectivity index (χ1v) is 11.8. The van der Waals surface area contributed by atoms with E-state index in [2.05, 4.69) is 0 Å². The number of benzene rings is 2. The van der Waals surface area contributed by atoms with Crippen LogP contribution in [0.2, 0.25) is 0 Å². The summed E-state index contributed by atoms with van der Waals surface area (Å²) in [6.07, 6.45) is -1.73. The summed E-state index contributed by atoms with van der Waals surface area (Å²) >= 11 is 0. The lowest BCUT2D eigenvalue weighted by Crippen LogP contribution is -2.55. The van der Waals surface area contributed by atoms with E-state index in [4.69, 9.17) is 18.9 Å². The van der Waals surface area contributed by atoms with Gasteiger partial charge < -0.3 is 18.9 Å². The lowest BCUT2D eigenvalue weighted by molar-refractivity contribution is -0.166. The summed E-state index contributed by atoms with van der Waals surface area (Å²) in [7, 11) is 0. The molecular formula is C28H29F5O4. The molecule has 0 N–H and O–H groups in total. The Hall–Kier alpha value is -3.23. The van der Waals surface area contributed by atoms with Gasteiger partial charge in [-0.2, -0.15) is 17.6 Å². The number of hydrogen-bond acceptors (Lipinski definition) is 4. The predicted molar refractivity (Wildman–Crippen MR) is 128 cm³/mol. The summed E-state index contributed by atoms with van der Waals surface area (Å²) in [4.78, 5) is 0. The number of fused-ring (bicyclic) bond motifs is 2. The van der Waals surface area contributed by atoms with Gasteiger partial charge in [-0.15, -0.1) is 0 Å². The van der Waals surface area contributed by atoms with Crippen molar-refractivity contribution in [3.8, 4) is 23.0 Å². The van der Waals surface area contributed by atoms with Crippen LogP contribution in [0.25, 0.3) is 0 Å². The fourth-order valence-electron chi connectivity index (χ4n) is 5.24. The first kappa shape index (κ1) is 26.8. The number of hydrogen-bond donors (Lipinski definition) is 0. The minimum Gasteiger partial charge on any atom is -0.452 e. The summed E-state index contributed by atoms with van der Waals surface area (Å²) in [5.41, 5.74) is 1.31. The summed E-state index contributed by atoms with van der Waals surface area (Å²) in [5, 5.41) is 0. The molecule has 1 atom stereocenters. The van der Waals surface area contributed by atoms with Gasteiger partial charge in [0.05, 0.1) is 0 Å². The Morgan fingerprint density at radius 2 is 1.11 bits per heavy atom. The average Bonchev–Trinajstić information content (AvgIpc) is 2.74. The predicted octanol–water partition coefficient (Wildman–Crippen LogP) is 8.74. The van der Waals surface area contributed by atoms with Gasteiger partial charge in [0.25, 0.3) is 5.79 Å². The first-order chi connectivity index (χ1) is 17.0. The van der Waals surface area contributed by atoms with Gasteiger partial charge in [0.15, 0.2) is 5.83 Å². The molecule has 200 valence electrons. The Morgan fingerprint density at radius 1 is 0.703 bits per heavy atom. The second-order valence-corrected chi connectivity index (χ2v) is 11.0. The minimum atomic E-state index is -2.54. The molecule has 37 heavy (non-hydrogen) atoms. The van der Waals surface area contributed by atoms with Gasteiger partial charge in [0.2, 0.25) is 0 Å². The molecule has 0 aliphatic carbocycles. The van der Waals surface area contributed by atoms with Crippen LogP contribution in [-0.4, -0.2) is 5.79 Å². The number of halogens is 5. The molecule has 0 bridgehead atoms. The van der Waals surface area contributed by atoms with Crippen molar-refractivity contribution in [3.05, 3.63) is 70.5 Å². The van der Waals surface area contributed by atoms with E-state index in [1.807, 2.05) is 27.7 Å². The lowest BCUT2D eigenvalue weighted by atomic mass is 9.69. The molecule has 0 radical (unpaired) electrons. The lowest BCUT2D eigenvalue weighted by Gasteiger charge is -2.51. The van der Waals surface area contributed by atoms with Crippen LogP contribution in [0.5, 0.6) is 23.0 Å². The van der Waals surface area contributed by atoms with Crippen LogP contribution >= 0.6 is 0 Å². The Balaban J connectivity index is 1.74. The molecule has 0 aromatic heterocycles. The van der Waals surface area contributed by atoms with Crippen molar-refractivity contribution < 1.29 is 40.9 Å². The van der Waals surface area contributed by atoms with Crippen molar-refractivity contribution in [2.75, 3.05) is 0 Å². The topological polar surface area (TPSA) is 36.9 Å². The quantitative estimate of drug-likeness (QED) is 0.296. The van der Waals surface area contributed by atoms with Gasteiger partial charge >= 0.3 is 18.1 Å². The molecule has 2 aromatic rings. The number of aryl methyl sites for hydroxylation is 2. The van der Waals surface area contributed by atoms with Crippen LogP contribution in [0, 0.1) is 13.8 Å². The third-order valence-corrected chi connectivity index (χ3v) is 6.85. The summed E-state index contributed by atoms with van der Waals surface area (Å²) in [5.74, 6) is -0.963. The molecule has 1 unspecified atom stereocenters. The Morgan fingerprint density at radius 3 is 1.49 bits per heavy atom. The highest BCUT2D eigenvalue weighted by Crippen LogP contribution is 2.55. The van der Waals surface area contributed by atoms with Crippen LogP contribution < -0.4 is 18.9 Å². The van der Waals surface area contributed by atoms with Gasteiger partial charge in [-0.25, -0.2) is 4.39 Å². The molecule has 0 saturated carbocycles. The van der Waals surface area contributed by atoms with E-state index in [0.29, 0.717) is 41.0 Å². The summed E-state index contributed by atoms with van der Waals surface area (Å²) in [6, 6.07) is 3.26. The van der Waals surface area contributed by atoms with Crippen LogP contribution in [0.3, 0.4) is 0 Å². The Kier molecular flexibility index (Phi) is 6.49. The van der Waals surface area contributed by atoms with Crippen LogP contribution in [0.1, 0.15) is 69.7 Å². The highest BCUT2D eigenvalue weighted by atomic mass is 19.3. The van der Waals surface area contributed by atoms with Crippen molar-refractivity contribution in [2.24, 2.45) is 0 Å². The third kappa shape index (κ3) is 5.00. The molecule has 4 rings (SSSR count). The van der Waals surface area contributed by atoms with E-state index in [9.17, 15) is 22.0 Å². The molecule has 2 heterocycles. The molecule has 2 aliphatic rings. The molecule has 2 aliphatic heterocycles. The average molecular weight is 525 g/mol. The van der Waals surface area contributed by atoms with Gasteiger partial charge in [0.1, 0.15) is 23.0 Å². The third-order valence-electron chi connectivity index (χ3n) is 6.85. The number of allylic oxidation sites excluding steroid dienone is 1. The standard InChI is InChI=1S/C28H29F5O4/c1-14-8-21-17(10-19(14)34-24(32)16(3)29)26(4,5)12-28(36-21)13-27(6,7)18-11-20(35-25(33)23(30)31)15(2)9-22(18)37-28/h8-11H,12-13H2,1-7H3/b24-16-. The van der Waals surface area contributed by atoms with Gasteiger partial charge in [-0.05, 0) is 56.2 Å². The van der Waals surface area contributed by atoms with E-state index in [1.165, 1.54) is 6.07 Å². The zero-order chi connectivity index (χ0) is 27.5. The summed E-state index contributed by atoms with van der Waals surface area (Å²) in [6.45, 7) is 12.2. The van der Waals surface area contributed by atoms with Gasteiger partial charge in [-0.3, -0.25) is 0 Å². The monoisotopic (exact) mass is 524 g/mol. The second-order valence-electron chi connectivity index (χ2n) is 11.0. The largest absolute Gasteiger partial charge is 0.452 e. The second kappa shape index (κ2) is 8.96. The van der Waals surface area contributed by atoms with E-state index in [0.717, 1.165) is 12.5 Å². The summed E-state index contributed by atoms with van der Waals surface area (Å²) < 4.78 is 88.7. The normalized spacial score (nSPS) is 21.6. The Bertz CT molecular complexity index is 1220. The molecular weight excluding hydrogens is 495 g/mol. The van der Waals surface area contributed by atoms with Gasteiger partial charge in [0, 0.05) is 34.8 Å². The van der Waals surface area contributed by atoms with Crippen molar-refractivity contribution in [2.45, 2.75) is 77.9 Å². The molecule has 9 heteroatoms.